The first-order valence-corrected chi connectivity index (χ1v) is 10.6. The average Bonchev–Trinajstić information content (AvgIpc) is 3.10. The Kier molecular flexibility index (Phi) is 4.08. The van der Waals surface area contributed by atoms with Crippen LogP contribution >= 0.6 is 11.3 Å². The van der Waals surface area contributed by atoms with E-state index in [0.717, 1.165) is 43.4 Å². The Bertz CT molecular complexity index is 894. The number of carbonyl (C=O) groups excluding carboxylic acids is 1. The minimum atomic E-state index is -3.87. The van der Waals surface area contributed by atoms with Crippen molar-refractivity contribution in [3.8, 4) is 11.5 Å². The minimum absolute atomic E-state index is 0.0517. The normalized spacial score (nSPS) is 19.3. The Balaban J connectivity index is 1.63. The summed E-state index contributed by atoms with van der Waals surface area (Å²) in [5.74, 6) is 0.639. The smallest absolute Gasteiger partial charge is 0.348 e. The predicted octanol–water partition coefficient (Wildman–Crippen LogP) is 4.18. The maximum absolute atomic E-state index is 12.5. The lowest BCUT2D eigenvalue weighted by Crippen LogP contribution is -2.43. The van der Waals surface area contributed by atoms with Gasteiger partial charge in [-0.3, -0.25) is 4.79 Å². The zero-order chi connectivity index (χ0) is 17.5. The van der Waals surface area contributed by atoms with Gasteiger partial charge in [-0.25, -0.2) is 0 Å². The van der Waals surface area contributed by atoms with Gasteiger partial charge in [-0.15, -0.1) is 11.3 Å². The summed E-state index contributed by atoms with van der Waals surface area (Å²) < 4.78 is 36.1. The van der Waals surface area contributed by atoms with Crippen molar-refractivity contribution in [3.05, 3.63) is 41.3 Å². The van der Waals surface area contributed by atoms with E-state index in [1.165, 1.54) is 18.2 Å². The first-order chi connectivity index (χ1) is 12.0. The third kappa shape index (κ3) is 3.18. The number of hydrogen-bond donors (Lipinski definition) is 0. The van der Waals surface area contributed by atoms with Crippen molar-refractivity contribution in [1.82, 2.24) is 0 Å². The van der Waals surface area contributed by atoms with Crippen molar-refractivity contribution in [2.75, 3.05) is 0 Å². The highest BCUT2D eigenvalue weighted by atomic mass is 32.3. The van der Waals surface area contributed by atoms with Crippen LogP contribution in [0.4, 0.5) is 0 Å². The van der Waals surface area contributed by atoms with Crippen LogP contribution in [0.3, 0.4) is 0 Å². The van der Waals surface area contributed by atoms with Crippen LogP contribution in [0.25, 0.3) is 0 Å². The van der Waals surface area contributed by atoms with E-state index in [0.29, 0.717) is 17.7 Å². The fourth-order valence-corrected chi connectivity index (χ4v) is 5.45. The molecule has 132 valence electrons. The molecule has 0 N–H and O–H groups in total. The van der Waals surface area contributed by atoms with Crippen molar-refractivity contribution in [2.24, 2.45) is 0 Å². The molecular formula is C18H18O5S2. The highest BCUT2D eigenvalue weighted by Gasteiger charge is 2.41. The minimum Gasteiger partial charge on any atom is -0.486 e. The number of ether oxygens (including phenoxy) is 1. The van der Waals surface area contributed by atoms with Crippen LogP contribution in [0, 0.1) is 0 Å². The van der Waals surface area contributed by atoms with Crippen LogP contribution in [0.5, 0.6) is 11.5 Å². The molecule has 4 rings (SSSR count). The number of benzene rings is 1. The zero-order valence-electron chi connectivity index (χ0n) is 13.6. The zero-order valence-corrected chi connectivity index (χ0v) is 15.2. The SMILES string of the molecule is O=C1CC2(CCCCC2)Oc2cc(OS(=O)(=O)c3cccs3)ccc21. The molecule has 0 amide bonds. The Labute approximate surface area is 150 Å². The second-order valence-electron chi connectivity index (χ2n) is 6.57. The second kappa shape index (κ2) is 6.14. The van der Waals surface area contributed by atoms with E-state index in [1.54, 1.807) is 17.5 Å². The van der Waals surface area contributed by atoms with Gasteiger partial charge in [0, 0.05) is 6.07 Å². The molecule has 25 heavy (non-hydrogen) atoms. The molecule has 2 heterocycles. The van der Waals surface area contributed by atoms with Crippen molar-refractivity contribution < 1.29 is 22.1 Å². The molecular weight excluding hydrogens is 360 g/mol. The molecule has 5 nitrogen and oxygen atoms in total. The lowest BCUT2D eigenvalue weighted by atomic mass is 9.78. The maximum atomic E-state index is 12.5. The number of Topliss-reactive ketones (excluding diaryl/α,β-unsaturated/α-hetero) is 1. The van der Waals surface area contributed by atoms with Gasteiger partial charge in [-0.2, -0.15) is 8.42 Å². The predicted molar refractivity (Wildman–Crippen MR) is 94.0 cm³/mol. The van der Waals surface area contributed by atoms with Crippen molar-refractivity contribution in [3.63, 3.8) is 0 Å². The van der Waals surface area contributed by atoms with Gasteiger partial charge in [0.25, 0.3) is 0 Å². The molecule has 0 bridgehead atoms. The Hall–Kier alpha value is -1.86. The molecule has 1 aromatic heterocycles. The van der Waals surface area contributed by atoms with Crippen LogP contribution in [0.1, 0.15) is 48.9 Å². The van der Waals surface area contributed by atoms with E-state index in [1.807, 2.05) is 0 Å². The average molecular weight is 378 g/mol. The van der Waals surface area contributed by atoms with E-state index < -0.39 is 15.7 Å². The number of fused-ring (bicyclic) bond motifs is 1. The Morgan fingerprint density at radius 2 is 1.92 bits per heavy atom. The number of carbonyl (C=O) groups is 1. The summed E-state index contributed by atoms with van der Waals surface area (Å²) in [6.07, 6.45) is 5.37. The van der Waals surface area contributed by atoms with Crippen LogP contribution in [-0.4, -0.2) is 19.8 Å². The van der Waals surface area contributed by atoms with Crippen molar-refractivity contribution in [1.29, 1.82) is 0 Å². The topological polar surface area (TPSA) is 69.7 Å². The molecule has 1 spiro atoms. The summed E-state index contributed by atoms with van der Waals surface area (Å²) in [5.41, 5.74) is 0.0604. The van der Waals surface area contributed by atoms with Gasteiger partial charge in [0.05, 0.1) is 12.0 Å². The van der Waals surface area contributed by atoms with Gasteiger partial charge in [-0.05, 0) is 49.3 Å². The van der Waals surface area contributed by atoms with E-state index >= 15 is 0 Å². The van der Waals surface area contributed by atoms with E-state index in [4.69, 9.17) is 8.92 Å². The second-order valence-corrected chi connectivity index (χ2v) is 9.29. The molecule has 7 heteroatoms. The molecule has 1 aliphatic carbocycles. The molecule has 0 radical (unpaired) electrons. The van der Waals surface area contributed by atoms with E-state index in [-0.39, 0.29) is 15.7 Å². The Morgan fingerprint density at radius 3 is 2.64 bits per heavy atom. The summed E-state index contributed by atoms with van der Waals surface area (Å²) in [6.45, 7) is 0. The van der Waals surface area contributed by atoms with Crippen molar-refractivity contribution >= 4 is 27.2 Å². The van der Waals surface area contributed by atoms with E-state index in [2.05, 4.69) is 0 Å². The first-order valence-electron chi connectivity index (χ1n) is 8.32. The maximum Gasteiger partial charge on any atom is 0.348 e. The summed E-state index contributed by atoms with van der Waals surface area (Å²) in [6, 6.07) is 7.77. The Morgan fingerprint density at radius 1 is 1.12 bits per heavy atom. The summed E-state index contributed by atoms with van der Waals surface area (Å²) >= 11 is 1.10. The first kappa shape index (κ1) is 16.6. The molecule has 1 fully saturated rings. The number of thiophene rings is 1. The third-order valence-corrected chi connectivity index (χ3v) is 7.38. The molecule has 0 unspecified atom stereocenters. The van der Waals surface area contributed by atoms with Crippen LogP contribution < -0.4 is 8.92 Å². The molecule has 1 aromatic carbocycles. The van der Waals surface area contributed by atoms with E-state index in [9.17, 15) is 13.2 Å². The monoisotopic (exact) mass is 378 g/mol. The summed E-state index contributed by atoms with van der Waals surface area (Å²) in [7, 11) is -3.87. The highest BCUT2D eigenvalue weighted by Crippen LogP contribution is 2.43. The fourth-order valence-electron chi connectivity index (χ4n) is 3.57. The van der Waals surface area contributed by atoms with Crippen LogP contribution in [0.2, 0.25) is 0 Å². The summed E-state index contributed by atoms with van der Waals surface area (Å²) in [5, 5.41) is 1.68. The largest absolute Gasteiger partial charge is 0.486 e. The lowest BCUT2D eigenvalue weighted by molar-refractivity contribution is 0.0135. The standard InChI is InChI=1S/C18H18O5S2/c19-15-12-18(8-2-1-3-9-18)22-16-11-13(6-7-14(15)16)23-25(20,21)17-5-4-10-24-17/h4-7,10-11H,1-3,8-9,12H2. The quantitative estimate of drug-likeness (QED) is 0.749. The molecule has 2 aliphatic rings. The molecule has 0 saturated heterocycles. The van der Waals surface area contributed by atoms with Crippen LogP contribution in [0.15, 0.2) is 39.9 Å². The van der Waals surface area contributed by atoms with Gasteiger partial charge in [-0.1, -0.05) is 12.5 Å². The van der Waals surface area contributed by atoms with Gasteiger partial charge < -0.3 is 8.92 Å². The molecule has 1 aliphatic heterocycles. The summed E-state index contributed by atoms with van der Waals surface area (Å²) in [4.78, 5) is 12.5. The van der Waals surface area contributed by atoms with Crippen molar-refractivity contribution in [2.45, 2.75) is 48.3 Å². The number of rotatable bonds is 3. The number of ketones is 1. The van der Waals surface area contributed by atoms with Gasteiger partial charge in [0.1, 0.15) is 17.1 Å². The fraction of sp³-hybridized carbons (Fsp3) is 0.389. The van der Waals surface area contributed by atoms with Gasteiger partial charge in [0.2, 0.25) is 0 Å². The lowest BCUT2D eigenvalue weighted by Gasteiger charge is -2.40. The molecule has 1 saturated carbocycles. The third-order valence-electron chi connectivity index (χ3n) is 4.77. The molecule has 2 aromatic rings. The highest BCUT2D eigenvalue weighted by molar-refractivity contribution is 7.89. The number of hydrogen-bond acceptors (Lipinski definition) is 6. The van der Waals surface area contributed by atoms with Crippen LogP contribution in [-0.2, 0) is 10.1 Å². The molecule has 0 atom stereocenters. The van der Waals surface area contributed by atoms with Gasteiger partial charge in [0.15, 0.2) is 9.99 Å². The van der Waals surface area contributed by atoms with Gasteiger partial charge >= 0.3 is 10.1 Å².